The largest absolute Gasteiger partial charge is 0.512 e. The number of hydrogen-bond donors (Lipinski definition) is 1. The molecule has 2 aliphatic rings. The van der Waals surface area contributed by atoms with Gasteiger partial charge in [0.2, 0.25) is 0 Å². The summed E-state index contributed by atoms with van der Waals surface area (Å²) in [6.45, 7) is 9.60. The number of rotatable bonds is 3. The second kappa shape index (κ2) is 5.88. The van der Waals surface area contributed by atoms with Crippen LogP contribution in [0.2, 0.25) is 0 Å². The fraction of sp³-hybridized carbons (Fsp3) is 0.737. The molecule has 0 unspecified atom stereocenters. The average molecular weight is 320 g/mol. The quantitative estimate of drug-likeness (QED) is 0.803. The lowest BCUT2D eigenvalue weighted by atomic mass is 9.63. The zero-order valence-electron chi connectivity index (χ0n) is 14.9. The molecule has 128 valence electrons. The Kier molecular flexibility index (Phi) is 4.57. The number of ketones is 3. The molecule has 0 aromatic carbocycles. The van der Waals surface area contributed by atoms with E-state index in [-0.39, 0.29) is 33.9 Å². The summed E-state index contributed by atoms with van der Waals surface area (Å²) in [6, 6.07) is 0. The molecule has 1 N–H and O–H groups in total. The van der Waals surface area contributed by atoms with Crippen LogP contribution in [0.5, 0.6) is 0 Å². The Morgan fingerprint density at radius 3 is 1.87 bits per heavy atom. The second-order valence-corrected chi connectivity index (χ2v) is 8.74. The van der Waals surface area contributed by atoms with Gasteiger partial charge in [0.1, 0.15) is 11.6 Å². The molecule has 1 fully saturated rings. The van der Waals surface area contributed by atoms with Gasteiger partial charge in [-0.3, -0.25) is 14.4 Å². The molecule has 4 nitrogen and oxygen atoms in total. The van der Waals surface area contributed by atoms with E-state index in [1.165, 1.54) is 0 Å². The summed E-state index contributed by atoms with van der Waals surface area (Å²) in [7, 11) is 0. The average Bonchev–Trinajstić information content (AvgIpc) is 2.31. The highest BCUT2D eigenvalue weighted by molar-refractivity contribution is 6.08. The van der Waals surface area contributed by atoms with Gasteiger partial charge < -0.3 is 5.11 Å². The van der Waals surface area contributed by atoms with Gasteiger partial charge in [0.25, 0.3) is 0 Å². The van der Waals surface area contributed by atoms with Crippen molar-refractivity contribution >= 4 is 17.3 Å². The van der Waals surface area contributed by atoms with Gasteiger partial charge in [-0.05, 0) is 17.3 Å². The van der Waals surface area contributed by atoms with E-state index < -0.39 is 11.8 Å². The van der Waals surface area contributed by atoms with Crippen molar-refractivity contribution in [2.45, 2.75) is 66.7 Å². The van der Waals surface area contributed by atoms with Crippen LogP contribution in [0, 0.1) is 22.7 Å². The molecule has 2 aliphatic carbocycles. The lowest BCUT2D eigenvalue weighted by Crippen LogP contribution is -2.43. The number of hydrogen-bond acceptors (Lipinski definition) is 4. The Bertz CT molecular complexity index is 560. The lowest BCUT2D eigenvalue weighted by molar-refractivity contribution is -0.141. The van der Waals surface area contributed by atoms with E-state index in [0.29, 0.717) is 37.7 Å². The standard InChI is InChI=1S/C19H28O4/c1-6-11(16-12(20)7-18(2,3)8-13(16)21)17-14(22)9-19(4,5)10-15(17)23/h11,16,22H,6-10H2,1-5H3/t11-/m0/s1. The first-order valence-electron chi connectivity index (χ1n) is 8.48. The SMILES string of the molecule is CC[C@H](C1=C(O)CC(C)(C)CC1=O)C1C(=O)CC(C)(C)CC1=O. The molecule has 2 rings (SSSR count). The zero-order valence-corrected chi connectivity index (χ0v) is 14.9. The minimum absolute atomic E-state index is 0.0727. The molecule has 4 heteroatoms. The molecule has 1 saturated carbocycles. The molecule has 0 saturated heterocycles. The lowest BCUT2D eigenvalue weighted by Gasteiger charge is -2.38. The Hall–Kier alpha value is -1.45. The minimum Gasteiger partial charge on any atom is -0.512 e. The second-order valence-electron chi connectivity index (χ2n) is 8.74. The molecule has 1 atom stereocenters. The fourth-order valence-electron chi connectivity index (χ4n) is 4.18. The van der Waals surface area contributed by atoms with E-state index in [0.717, 1.165) is 0 Å². The summed E-state index contributed by atoms with van der Waals surface area (Å²) in [6.07, 6.45) is 1.99. The molecule has 0 aliphatic heterocycles. The van der Waals surface area contributed by atoms with E-state index in [1.807, 2.05) is 34.6 Å². The third kappa shape index (κ3) is 3.56. The molecule has 0 aromatic heterocycles. The normalized spacial score (nSPS) is 26.6. The Morgan fingerprint density at radius 2 is 1.43 bits per heavy atom. The maximum Gasteiger partial charge on any atom is 0.163 e. The molecule has 0 spiro atoms. The van der Waals surface area contributed by atoms with Crippen molar-refractivity contribution in [1.82, 2.24) is 0 Å². The summed E-state index contributed by atoms with van der Waals surface area (Å²) in [5.74, 6) is -1.46. The van der Waals surface area contributed by atoms with Crippen molar-refractivity contribution in [1.29, 1.82) is 0 Å². The van der Waals surface area contributed by atoms with Crippen molar-refractivity contribution in [2.75, 3.05) is 0 Å². The fourth-order valence-corrected chi connectivity index (χ4v) is 4.18. The molecule has 0 bridgehead atoms. The minimum atomic E-state index is -0.768. The molecule has 0 aromatic rings. The number of aliphatic hydroxyl groups is 1. The Labute approximate surface area is 138 Å². The van der Waals surface area contributed by atoms with Crippen LogP contribution in [0.4, 0.5) is 0 Å². The van der Waals surface area contributed by atoms with Gasteiger partial charge in [0, 0.05) is 37.2 Å². The van der Waals surface area contributed by atoms with E-state index in [4.69, 9.17) is 0 Å². The summed E-state index contributed by atoms with van der Waals surface area (Å²) < 4.78 is 0. The van der Waals surface area contributed by atoms with Crippen LogP contribution in [-0.2, 0) is 14.4 Å². The first kappa shape index (κ1) is 17.9. The first-order chi connectivity index (χ1) is 10.5. The number of Topliss-reactive ketones (excluding diaryl/α,β-unsaturated/α-hetero) is 3. The van der Waals surface area contributed by atoms with Crippen LogP contribution in [0.1, 0.15) is 66.7 Å². The maximum atomic E-state index is 12.6. The molecule has 0 amide bonds. The third-order valence-corrected chi connectivity index (χ3v) is 5.11. The van der Waals surface area contributed by atoms with Crippen LogP contribution in [0.15, 0.2) is 11.3 Å². The predicted octanol–water partition coefficient (Wildman–Crippen LogP) is 3.79. The summed E-state index contributed by atoms with van der Waals surface area (Å²) in [4.78, 5) is 37.7. The number of aliphatic hydroxyl groups excluding tert-OH is 1. The van der Waals surface area contributed by atoms with Crippen molar-refractivity contribution in [2.24, 2.45) is 22.7 Å². The smallest absolute Gasteiger partial charge is 0.163 e. The molecule has 0 radical (unpaired) electrons. The zero-order chi connectivity index (χ0) is 17.6. The van der Waals surface area contributed by atoms with Gasteiger partial charge in [-0.1, -0.05) is 34.6 Å². The molecular weight excluding hydrogens is 292 g/mol. The van der Waals surface area contributed by atoms with Crippen molar-refractivity contribution < 1.29 is 19.5 Å². The highest BCUT2D eigenvalue weighted by atomic mass is 16.3. The van der Waals surface area contributed by atoms with Crippen LogP contribution >= 0.6 is 0 Å². The van der Waals surface area contributed by atoms with Gasteiger partial charge in [0.05, 0.1) is 11.7 Å². The number of carbonyl (C=O) groups is 3. The maximum absolute atomic E-state index is 12.6. The van der Waals surface area contributed by atoms with Crippen LogP contribution in [-0.4, -0.2) is 22.5 Å². The van der Waals surface area contributed by atoms with Crippen LogP contribution in [0.3, 0.4) is 0 Å². The van der Waals surface area contributed by atoms with Gasteiger partial charge in [0.15, 0.2) is 5.78 Å². The topological polar surface area (TPSA) is 71.4 Å². The summed E-state index contributed by atoms with van der Waals surface area (Å²) >= 11 is 0. The van der Waals surface area contributed by atoms with E-state index in [2.05, 4.69) is 0 Å². The van der Waals surface area contributed by atoms with E-state index in [9.17, 15) is 19.5 Å². The van der Waals surface area contributed by atoms with Crippen molar-refractivity contribution in [3.05, 3.63) is 11.3 Å². The van der Waals surface area contributed by atoms with Crippen LogP contribution < -0.4 is 0 Å². The number of carbonyl (C=O) groups excluding carboxylic acids is 3. The number of allylic oxidation sites excluding steroid dienone is 2. The molecule has 23 heavy (non-hydrogen) atoms. The van der Waals surface area contributed by atoms with Gasteiger partial charge in [-0.15, -0.1) is 0 Å². The van der Waals surface area contributed by atoms with Gasteiger partial charge >= 0.3 is 0 Å². The van der Waals surface area contributed by atoms with Crippen molar-refractivity contribution in [3.8, 4) is 0 Å². The first-order valence-corrected chi connectivity index (χ1v) is 8.48. The predicted molar refractivity (Wildman–Crippen MR) is 88.0 cm³/mol. The third-order valence-electron chi connectivity index (χ3n) is 5.11. The Balaban J connectivity index is 2.38. The monoisotopic (exact) mass is 320 g/mol. The molecule has 0 heterocycles. The Morgan fingerprint density at radius 1 is 0.957 bits per heavy atom. The summed E-state index contributed by atoms with van der Waals surface area (Å²) in [5.41, 5.74) is -0.248. The van der Waals surface area contributed by atoms with Gasteiger partial charge in [-0.2, -0.15) is 0 Å². The highest BCUT2D eigenvalue weighted by Gasteiger charge is 2.47. The summed E-state index contributed by atoms with van der Waals surface area (Å²) in [5, 5.41) is 10.4. The van der Waals surface area contributed by atoms with Crippen LogP contribution in [0.25, 0.3) is 0 Å². The van der Waals surface area contributed by atoms with Crippen molar-refractivity contribution in [3.63, 3.8) is 0 Å². The van der Waals surface area contributed by atoms with E-state index >= 15 is 0 Å². The van der Waals surface area contributed by atoms with Gasteiger partial charge in [-0.25, -0.2) is 0 Å². The molecular formula is C19H28O4. The van der Waals surface area contributed by atoms with E-state index in [1.54, 1.807) is 0 Å². The highest BCUT2D eigenvalue weighted by Crippen LogP contribution is 2.44.